The Kier molecular flexibility index (Phi) is 3.13. The van der Waals surface area contributed by atoms with Crippen molar-refractivity contribution in [3.8, 4) is 11.3 Å². The first-order valence-electron chi connectivity index (χ1n) is 5.87. The van der Waals surface area contributed by atoms with Crippen LogP contribution in [0, 0.1) is 6.92 Å². The molecule has 0 atom stereocenters. The van der Waals surface area contributed by atoms with Gasteiger partial charge in [-0.1, -0.05) is 6.92 Å². The number of nitrogens with two attached hydrogens (primary N) is 1. The zero-order valence-corrected chi connectivity index (χ0v) is 10.6. The average Bonchev–Trinajstić information content (AvgIpc) is 2.59. The molecule has 2 heterocycles. The molecule has 0 fully saturated rings. The van der Waals surface area contributed by atoms with Gasteiger partial charge in [0.1, 0.15) is 17.3 Å². The van der Waals surface area contributed by atoms with Gasteiger partial charge >= 0.3 is 0 Å². The van der Waals surface area contributed by atoms with E-state index < -0.39 is 0 Å². The first kappa shape index (κ1) is 11.6. The summed E-state index contributed by atoms with van der Waals surface area (Å²) in [6, 6.07) is 3.99. The number of aryl methyl sites for hydroxylation is 2. The third kappa shape index (κ3) is 2.16. The van der Waals surface area contributed by atoms with E-state index in [4.69, 9.17) is 5.73 Å². The molecule has 2 aromatic heterocycles. The summed E-state index contributed by atoms with van der Waals surface area (Å²) in [4.78, 5) is 8.87. The molecule has 90 valence electrons. The van der Waals surface area contributed by atoms with Crippen molar-refractivity contribution in [1.82, 2.24) is 14.5 Å². The van der Waals surface area contributed by atoms with E-state index in [1.807, 2.05) is 36.9 Å². The van der Waals surface area contributed by atoms with E-state index in [1.54, 1.807) is 0 Å². The van der Waals surface area contributed by atoms with Crippen LogP contribution < -0.4 is 5.73 Å². The first-order valence-corrected chi connectivity index (χ1v) is 5.87. The molecule has 0 aliphatic carbocycles. The zero-order chi connectivity index (χ0) is 12.4. The van der Waals surface area contributed by atoms with Crippen molar-refractivity contribution in [1.29, 1.82) is 0 Å². The van der Waals surface area contributed by atoms with Gasteiger partial charge in [-0.3, -0.25) is 4.98 Å². The maximum atomic E-state index is 6.08. The molecule has 17 heavy (non-hydrogen) atoms. The van der Waals surface area contributed by atoms with Crippen LogP contribution in [0.4, 0.5) is 5.82 Å². The largest absolute Gasteiger partial charge is 0.383 e. The molecule has 0 amide bonds. The lowest BCUT2D eigenvalue weighted by Gasteiger charge is -2.01. The molecule has 0 unspecified atom stereocenters. The predicted octanol–water partition coefficient (Wildman–Crippen LogP) is 2.33. The maximum Gasteiger partial charge on any atom is 0.131 e. The van der Waals surface area contributed by atoms with Crippen LogP contribution >= 0.6 is 0 Å². The van der Waals surface area contributed by atoms with Gasteiger partial charge in [0.15, 0.2) is 0 Å². The number of anilines is 1. The molecule has 4 nitrogen and oxygen atoms in total. The van der Waals surface area contributed by atoms with Crippen molar-refractivity contribution in [2.45, 2.75) is 26.7 Å². The van der Waals surface area contributed by atoms with Gasteiger partial charge < -0.3 is 10.3 Å². The second-order valence-corrected chi connectivity index (χ2v) is 4.26. The fraction of sp³-hybridized carbons (Fsp3) is 0.385. The van der Waals surface area contributed by atoms with E-state index >= 15 is 0 Å². The van der Waals surface area contributed by atoms with Gasteiger partial charge in [-0.05, 0) is 25.5 Å². The van der Waals surface area contributed by atoms with E-state index in [9.17, 15) is 0 Å². The summed E-state index contributed by atoms with van der Waals surface area (Å²) in [6.45, 7) is 4.10. The number of imidazole rings is 1. The third-order valence-corrected chi connectivity index (χ3v) is 2.89. The van der Waals surface area contributed by atoms with Crippen LogP contribution in [-0.4, -0.2) is 14.5 Å². The van der Waals surface area contributed by atoms with Crippen LogP contribution in [0.5, 0.6) is 0 Å². The minimum absolute atomic E-state index is 0.708. The van der Waals surface area contributed by atoms with Gasteiger partial charge in [0, 0.05) is 30.9 Å². The molecule has 0 bridgehead atoms. The third-order valence-electron chi connectivity index (χ3n) is 2.89. The molecule has 0 saturated heterocycles. The lowest BCUT2D eigenvalue weighted by molar-refractivity contribution is 0.764. The molecule has 2 N–H and O–H groups in total. The Morgan fingerprint density at radius 3 is 2.71 bits per heavy atom. The molecule has 2 rings (SSSR count). The van der Waals surface area contributed by atoms with Gasteiger partial charge in [-0.15, -0.1) is 0 Å². The van der Waals surface area contributed by atoms with Crippen molar-refractivity contribution < 1.29 is 0 Å². The fourth-order valence-corrected chi connectivity index (χ4v) is 1.83. The number of rotatable bonds is 3. The van der Waals surface area contributed by atoms with Gasteiger partial charge in [0.05, 0.1) is 0 Å². The van der Waals surface area contributed by atoms with Crippen LogP contribution in [0.15, 0.2) is 18.3 Å². The van der Waals surface area contributed by atoms with Crippen LogP contribution in [0.3, 0.4) is 0 Å². The Bertz CT molecular complexity index is 511. The van der Waals surface area contributed by atoms with Crippen molar-refractivity contribution in [3.63, 3.8) is 0 Å². The SMILES string of the molecule is CCCc1nc(-c2ccc(C)nc2)c(N)n1C. The van der Waals surface area contributed by atoms with Crippen molar-refractivity contribution in [2.75, 3.05) is 5.73 Å². The molecular formula is C13H18N4. The topological polar surface area (TPSA) is 56.7 Å². The lowest BCUT2D eigenvalue weighted by Crippen LogP contribution is -2.01. The minimum atomic E-state index is 0.708. The number of aromatic nitrogens is 3. The second-order valence-electron chi connectivity index (χ2n) is 4.26. The van der Waals surface area contributed by atoms with Gasteiger partial charge in [-0.25, -0.2) is 4.98 Å². The van der Waals surface area contributed by atoms with Crippen LogP contribution in [0.25, 0.3) is 11.3 Å². The highest BCUT2D eigenvalue weighted by Gasteiger charge is 2.13. The van der Waals surface area contributed by atoms with Gasteiger partial charge in [0.25, 0.3) is 0 Å². The van der Waals surface area contributed by atoms with E-state index in [-0.39, 0.29) is 0 Å². The number of nitrogen functional groups attached to an aromatic ring is 1. The number of pyridine rings is 1. The molecule has 0 spiro atoms. The molecule has 2 aromatic rings. The summed E-state index contributed by atoms with van der Waals surface area (Å²) < 4.78 is 1.96. The number of hydrogen-bond donors (Lipinski definition) is 1. The molecule has 0 aromatic carbocycles. The summed E-state index contributed by atoms with van der Waals surface area (Å²) in [5, 5.41) is 0. The molecule has 4 heteroatoms. The Hall–Kier alpha value is -1.84. The maximum absolute atomic E-state index is 6.08. The Morgan fingerprint density at radius 2 is 2.12 bits per heavy atom. The van der Waals surface area contributed by atoms with Crippen LogP contribution in [0.2, 0.25) is 0 Å². The molecule has 0 aliphatic heterocycles. The number of hydrogen-bond acceptors (Lipinski definition) is 3. The van der Waals surface area contributed by atoms with E-state index in [2.05, 4.69) is 16.9 Å². The monoisotopic (exact) mass is 230 g/mol. The van der Waals surface area contributed by atoms with Crippen molar-refractivity contribution in [3.05, 3.63) is 29.8 Å². The minimum Gasteiger partial charge on any atom is -0.383 e. The first-order chi connectivity index (χ1) is 8.13. The highest BCUT2D eigenvalue weighted by atomic mass is 15.1. The highest BCUT2D eigenvalue weighted by molar-refractivity contribution is 5.70. The summed E-state index contributed by atoms with van der Waals surface area (Å²) in [7, 11) is 1.96. The summed E-state index contributed by atoms with van der Waals surface area (Å²) >= 11 is 0. The zero-order valence-electron chi connectivity index (χ0n) is 10.6. The highest BCUT2D eigenvalue weighted by Crippen LogP contribution is 2.25. The fourth-order valence-electron chi connectivity index (χ4n) is 1.83. The van der Waals surface area contributed by atoms with Gasteiger partial charge in [-0.2, -0.15) is 0 Å². The Labute approximate surface area is 102 Å². The van der Waals surface area contributed by atoms with Crippen molar-refractivity contribution >= 4 is 5.82 Å². The van der Waals surface area contributed by atoms with Crippen LogP contribution in [0.1, 0.15) is 24.9 Å². The van der Waals surface area contributed by atoms with Crippen LogP contribution in [-0.2, 0) is 13.5 Å². The molecule has 0 radical (unpaired) electrons. The number of nitrogens with zero attached hydrogens (tertiary/aromatic N) is 3. The normalized spacial score (nSPS) is 10.8. The summed E-state index contributed by atoms with van der Waals surface area (Å²) in [6.07, 6.45) is 3.83. The average molecular weight is 230 g/mol. The molecule has 0 aliphatic rings. The van der Waals surface area contributed by atoms with E-state index in [0.717, 1.165) is 35.6 Å². The Balaban J connectivity index is 2.45. The second kappa shape index (κ2) is 4.57. The molecular weight excluding hydrogens is 212 g/mol. The summed E-state index contributed by atoms with van der Waals surface area (Å²) in [5.74, 6) is 1.74. The molecule has 0 saturated carbocycles. The van der Waals surface area contributed by atoms with Crippen molar-refractivity contribution in [2.24, 2.45) is 7.05 Å². The van der Waals surface area contributed by atoms with Gasteiger partial charge in [0.2, 0.25) is 0 Å². The van der Waals surface area contributed by atoms with E-state index in [0.29, 0.717) is 5.82 Å². The smallest absolute Gasteiger partial charge is 0.131 e. The predicted molar refractivity (Wildman–Crippen MR) is 69.6 cm³/mol. The standard InChI is InChI=1S/C13H18N4/c1-4-5-11-16-12(13(14)17(11)3)10-7-6-9(2)15-8-10/h6-8H,4-5,14H2,1-3H3. The Morgan fingerprint density at radius 1 is 1.35 bits per heavy atom. The lowest BCUT2D eigenvalue weighted by atomic mass is 10.2. The van der Waals surface area contributed by atoms with E-state index in [1.165, 1.54) is 0 Å². The summed E-state index contributed by atoms with van der Waals surface area (Å²) in [5.41, 5.74) is 8.89. The quantitative estimate of drug-likeness (QED) is 0.880.